The van der Waals surface area contributed by atoms with Gasteiger partial charge in [-0.05, 0) is 216 Å². The number of hydrogen-bond acceptors (Lipinski definition) is 2. The van der Waals surface area contributed by atoms with E-state index in [9.17, 15) is 0 Å². The maximum atomic E-state index is 7.03. The van der Waals surface area contributed by atoms with Gasteiger partial charge < -0.3 is 9.47 Å². The molecule has 2 nitrogen and oxygen atoms in total. The number of para-hydroxylation sites is 2. The van der Waals surface area contributed by atoms with E-state index in [2.05, 4.69) is 236 Å². The summed E-state index contributed by atoms with van der Waals surface area (Å²) in [6.07, 6.45) is 0. The van der Waals surface area contributed by atoms with E-state index >= 15 is 0 Å². The molecule has 0 aliphatic carbocycles. The van der Waals surface area contributed by atoms with Gasteiger partial charge in [-0.3, -0.25) is 0 Å². The fraction of sp³-hybridized carbons (Fsp3) is 0.257. The summed E-state index contributed by atoms with van der Waals surface area (Å²) in [5, 5.41) is 8.09. The van der Waals surface area contributed by atoms with Crippen LogP contribution in [-0.4, -0.2) is 13.4 Å². The number of hydrogen-bond donors (Lipinski definition) is 0. The number of benzene rings is 10. The highest BCUT2D eigenvalue weighted by molar-refractivity contribution is 9.10. The van der Waals surface area contributed by atoms with Crippen molar-refractivity contribution in [2.75, 3.05) is 0 Å². The average Bonchev–Trinajstić information content (AvgIpc) is 3.57. The van der Waals surface area contributed by atoms with Gasteiger partial charge in [0.1, 0.15) is 23.0 Å². The van der Waals surface area contributed by atoms with E-state index in [1.165, 1.54) is 143 Å². The molecule has 0 bridgehead atoms. The van der Waals surface area contributed by atoms with Gasteiger partial charge in [-0.25, -0.2) is 0 Å². The van der Waals surface area contributed by atoms with Gasteiger partial charge in [0.25, 0.3) is 13.4 Å². The van der Waals surface area contributed by atoms with Crippen LogP contribution in [0.15, 0.2) is 130 Å². The average molecular weight is 1120 g/mol. The van der Waals surface area contributed by atoms with Crippen molar-refractivity contribution in [2.45, 2.75) is 119 Å². The zero-order valence-corrected chi connectivity index (χ0v) is 48.9. The lowest BCUT2D eigenvalue weighted by Crippen LogP contribution is -2.58. The fourth-order valence-electron chi connectivity index (χ4n) is 14.3. The first-order chi connectivity index (χ1) is 36.5. The highest BCUT2D eigenvalue weighted by Crippen LogP contribution is 2.54. The molecule has 0 aromatic heterocycles. The largest absolute Gasteiger partial charge is 0.458 e. The molecule has 4 aliphatic rings. The molecule has 0 unspecified atom stereocenters. The van der Waals surface area contributed by atoms with Crippen molar-refractivity contribution in [3.63, 3.8) is 0 Å². The van der Waals surface area contributed by atoms with E-state index < -0.39 is 0 Å². The Labute approximate surface area is 466 Å². The highest BCUT2D eigenvalue weighted by Gasteiger charge is 2.45. The minimum Gasteiger partial charge on any atom is -0.458 e. The number of fused-ring (bicyclic) bond motifs is 8. The van der Waals surface area contributed by atoms with Crippen LogP contribution in [0.1, 0.15) is 152 Å². The Morgan fingerprint density at radius 1 is 0.329 bits per heavy atom. The van der Waals surface area contributed by atoms with Gasteiger partial charge in [0, 0.05) is 8.95 Å². The van der Waals surface area contributed by atoms with Crippen molar-refractivity contribution < 1.29 is 9.47 Å². The monoisotopic (exact) mass is 1110 g/mol. The van der Waals surface area contributed by atoms with Crippen LogP contribution in [0.5, 0.6) is 23.0 Å². The molecule has 14 rings (SSSR count). The third kappa shape index (κ3) is 6.78. The quantitative estimate of drug-likeness (QED) is 0.112. The summed E-state index contributed by atoms with van der Waals surface area (Å²) in [5.74, 6) is 5.64. The molecule has 0 N–H and O–H groups in total. The van der Waals surface area contributed by atoms with Gasteiger partial charge in [-0.15, -0.1) is 0 Å². The normalized spacial score (nSPS) is 13.7. The molecule has 4 heterocycles. The summed E-state index contributed by atoms with van der Waals surface area (Å²) in [7, 11) is 0. The molecule has 0 saturated heterocycles. The lowest BCUT2D eigenvalue weighted by atomic mass is 9.32. The van der Waals surface area contributed by atoms with Gasteiger partial charge in [-0.1, -0.05) is 199 Å². The predicted octanol–water partition coefficient (Wildman–Crippen LogP) is 17.4. The van der Waals surface area contributed by atoms with Crippen molar-refractivity contribution >= 4 is 110 Å². The van der Waals surface area contributed by atoms with E-state index in [1.807, 2.05) is 0 Å². The van der Waals surface area contributed by atoms with Crippen LogP contribution in [0.2, 0.25) is 0 Å². The fourth-order valence-corrected chi connectivity index (χ4v) is 15.2. The Bertz CT molecular complexity index is 3850. The third-order valence-electron chi connectivity index (χ3n) is 17.9. The molecule has 4 aliphatic heterocycles. The molecule has 76 heavy (non-hydrogen) atoms. The summed E-state index contributed by atoms with van der Waals surface area (Å²) in [6.45, 7) is 28.5. The van der Waals surface area contributed by atoms with Crippen molar-refractivity contribution in [1.29, 1.82) is 0 Å². The summed E-state index contributed by atoms with van der Waals surface area (Å²) in [5.41, 5.74) is 26.5. The third-order valence-corrected chi connectivity index (χ3v) is 18.8. The summed E-state index contributed by atoms with van der Waals surface area (Å²) in [6, 6.07) is 47.5. The molecule has 0 saturated carbocycles. The lowest BCUT2D eigenvalue weighted by Gasteiger charge is -2.38. The van der Waals surface area contributed by atoms with Crippen molar-refractivity contribution in [2.24, 2.45) is 0 Å². The van der Waals surface area contributed by atoms with Gasteiger partial charge in [0.15, 0.2) is 0 Å². The van der Waals surface area contributed by atoms with Crippen LogP contribution < -0.4 is 42.3 Å². The van der Waals surface area contributed by atoms with Gasteiger partial charge >= 0.3 is 0 Å². The van der Waals surface area contributed by atoms with Crippen molar-refractivity contribution in [3.05, 3.63) is 164 Å². The molecule has 0 spiro atoms. The van der Waals surface area contributed by atoms with Crippen LogP contribution in [0.3, 0.4) is 0 Å². The van der Waals surface area contributed by atoms with E-state index in [0.717, 1.165) is 31.9 Å². The Kier molecular flexibility index (Phi) is 10.9. The first-order valence-electron chi connectivity index (χ1n) is 27.9. The zero-order chi connectivity index (χ0) is 52.7. The van der Waals surface area contributed by atoms with Crippen molar-refractivity contribution in [3.8, 4) is 67.5 Å². The van der Waals surface area contributed by atoms with Crippen LogP contribution >= 0.6 is 31.9 Å². The molecule has 0 fully saturated rings. The van der Waals surface area contributed by atoms with Crippen LogP contribution in [0.25, 0.3) is 76.8 Å². The molecule has 0 atom stereocenters. The Morgan fingerprint density at radius 3 is 1.03 bits per heavy atom. The van der Waals surface area contributed by atoms with Gasteiger partial charge in [0.05, 0.1) is 0 Å². The van der Waals surface area contributed by atoms with Crippen LogP contribution in [0, 0.1) is 0 Å². The van der Waals surface area contributed by atoms with E-state index in [-0.39, 0.29) is 37.1 Å². The summed E-state index contributed by atoms with van der Waals surface area (Å²) in [4.78, 5) is 0. The first-order valence-corrected chi connectivity index (χ1v) is 29.5. The van der Waals surface area contributed by atoms with Crippen LogP contribution in [-0.2, 0) is 0 Å². The number of ether oxygens (including phenoxy) is 2. The predicted molar refractivity (Wildman–Crippen MR) is 334 cm³/mol. The molecular weight excluding hydrogens is 1050 g/mol. The minimum atomic E-state index is -0.0465. The Balaban J connectivity index is 1.29. The Hall–Kier alpha value is -6.07. The number of rotatable bonds is 8. The topological polar surface area (TPSA) is 18.5 Å². The van der Waals surface area contributed by atoms with Crippen LogP contribution in [0.4, 0.5) is 0 Å². The second-order valence-electron chi connectivity index (χ2n) is 24.4. The van der Waals surface area contributed by atoms with Gasteiger partial charge in [-0.2, -0.15) is 0 Å². The SMILES string of the molecule is CC(C)c1cc(C(C)C)c(-c2cc3c4c(cc5c(-c6c(C(C)C)cc(C(C)C)cc6C(C)C)cc6c7c(cc2c4c57)B2c4ccccc4Oc4cc(Br)cc-6c42)B2c4ccccc4Oc4cc(Br)cc-3c42)c(C(C)C)c1. The summed E-state index contributed by atoms with van der Waals surface area (Å²) >= 11 is 8.11. The van der Waals surface area contributed by atoms with E-state index in [0.29, 0.717) is 11.8 Å². The standard InChI is InChI=1S/C70H62B2Br2O2/c1-33(2)39-21-43(35(5)6)63(44(22-39)36(7)8)47-29-49-53-25-41(73)27-61-69(53)72(56-18-14-16-20-60(56)75-61)58-32-52-48(64-45(37(9)10)23-40(34(3)4)24-46(64)38(11)12)30-50-54-26-42(74)28-62-70(54)71(55-17-13-15-19-59(55)76-62)57-31-51(47)67(65(49)58)68(52)66(50)57/h13-38H,1-12H3. The number of halogens is 2. The molecule has 10 aromatic carbocycles. The lowest BCUT2D eigenvalue weighted by molar-refractivity contribution is 0.487. The maximum Gasteiger partial charge on any atom is 0.252 e. The molecule has 10 aromatic rings. The van der Waals surface area contributed by atoms with E-state index in [4.69, 9.17) is 9.47 Å². The molecule has 6 heteroatoms. The second-order valence-corrected chi connectivity index (χ2v) is 26.3. The second kappa shape index (κ2) is 17.2. The molecule has 374 valence electrons. The Morgan fingerprint density at radius 2 is 0.684 bits per heavy atom. The smallest absolute Gasteiger partial charge is 0.252 e. The zero-order valence-electron chi connectivity index (χ0n) is 45.7. The van der Waals surface area contributed by atoms with Crippen molar-refractivity contribution in [1.82, 2.24) is 0 Å². The minimum absolute atomic E-state index is 0.0465. The van der Waals surface area contributed by atoms with E-state index in [1.54, 1.807) is 0 Å². The molecule has 0 amide bonds. The van der Waals surface area contributed by atoms with Gasteiger partial charge in [0.2, 0.25) is 0 Å². The molecular formula is C70H62B2Br2O2. The maximum absolute atomic E-state index is 7.03. The summed E-state index contributed by atoms with van der Waals surface area (Å²) < 4.78 is 16.1. The first kappa shape index (κ1) is 48.3. The highest BCUT2D eigenvalue weighted by atomic mass is 79.9. The molecule has 0 radical (unpaired) electrons.